The summed E-state index contributed by atoms with van der Waals surface area (Å²) in [4.78, 5) is 20.5. The number of likely N-dealkylation sites (tertiary alicyclic amines) is 1. The Morgan fingerprint density at radius 3 is 2.64 bits per heavy atom. The van der Waals surface area contributed by atoms with Crippen LogP contribution in [0.1, 0.15) is 27.2 Å². The standard InChI is InChI=1S/C16H24N4O2/c1-15(2,3)22-14(21)20-10-16(11-20)6-7-19(9-16)13-5-4-12(17)8-18-13/h4-5,8H,6-7,9-11,17H2,1-3H3. The minimum Gasteiger partial charge on any atom is -0.444 e. The molecule has 3 rings (SSSR count). The third-order valence-electron chi connectivity index (χ3n) is 4.24. The van der Waals surface area contributed by atoms with Crippen molar-refractivity contribution in [2.24, 2.45) is 5.41 Å². The number of anilines is 2. The van der Waals surface area contributed by atoms with Gasteiger partial charge in [0, 0.05) is 31.6 Å². The molecule has 1 amide bonds. The highest BCUT2D eigenvalue weighted by molar-refractivity contribution is 5.69. The molecule has 120 valence electrons. The number of rotatable bonds is 1. The van der Waals surface area contributed by atoms with Crippen LogP contribution in [-0.2, 0) is 4.74 Å². The van der Waals surface area contributed by atoms with Crippen LogP contribution in [0.3, 0.4) is 0 Å². The number of hydrogen-bond donors (Lipinski definition) is 1. The Labute approximate surface area is 131 Å². The number of pyridine rings is 1. The molecule has 22 heavy (non-hydrogen) atoms. The van der Waals surface area contributed by atoms with Gasteiger partial charge in [-0.05, 0) is 39.3 Å². The van der Waals surface area contributed by atoms with Gasteiger partial charge in [0.1, 0.15) is 11.4 Å². The third kappa shape index (κ3) is 2.96. The maximum atomic E-state index is 12.0. The van der Waals surface area contributed by atoms with Crippen molar-refractivity contribution >= 4 is 17.6 Å². The zero-order chi connectivity index (χ0) is 16.0. The average Bonchev–Trinajstić information content (AvgIpc) is 2.81. The van der Waals surface area contributed by atoms with Crippen molar-refractivity contribution < 1.29 is 9.53 Å². The lowest BCUT2D eigenvalue weighted by atomic mass is 9.79. The second-order valence-electron chi connectivity index (χ2n) is 7.46. The topological polar surface area (TPSA) is 71.7 Å². The number of hydrogen-bond acceptors (Lipinski definition) is 5. The molecule has 2 fully saturated rings. The lowest BCUT2D eigenvalue weighted by Gasteiger charge is -2.47. The summed E-state index contributed by atoms with van der Waals surface area (Å²) in [5.74, 6) is 0.960. The number of nitrogen functional groups attached to an aromatic ring is 1. The quantitative estimate of drug-likeness (QED) is 0.860. The van der Waals surface area contributed by atoms with Crippen molar-refractivity contribution in [3.8, 4) is 0 Å². The summed E-state index contributed by atoms with van der Waals surface area (Å²) in [5.41, 5.74) is 6.12. The molecule has 0 atom stereocenters. The van der Waals surface area contributed by atoms with Crippen molar-refractivity contribution in [1.29, 1.82) is 0 Å². The van der Waals surface area contributed by atoms with Crippen LogP contribution in [0.4, 0.5) is 16.3 Å². The summed E-state index contributed by atoms with van der Waals surface area (Å²) < 4.78 is 5.42. The van der Waals surface area contributed by atoms with E-state index in [9.17, 15) is 4.79 Å². The van der Waals surface area contributed by atoms with Crippen LogP contribution >= 0.6 is 0 Å². The predicted octanol–water partition coefficient (Wildman–Crippen LogP) is 2.11. The van der Waals surface area contributed by atoms with Crippen LogP contribution in [0.25, 0.3) is 0 Å². The van der Waals surface area contributed by atoms with Gasteiger partial charge in [-0.15, -0.1) is 0 Å². The van der Waals surface area contributed by atoms with Gasteiger partial charge in [0.15, 0.2) is 0 Å². The van der Waals surface area contributed by atoms with Crippen molar-refractivity contribution in [3.05, 3.63) is 18.3 Å². The minimum absolute atomic E-state index is 0.194. The molecule has 1 spiro atoms. The monoisotopic (exact) mass is 304 g/mol. The second-order valence-corrected chi connectivity index (χ2v) is 7.46. The first-order valence-corrected chi connectivity index (χ1v) is 7.71. The van der Waals surface area contributed by atoms with Crippen LogP contribution in [-0.4, -0.2) is 47.8 Å². The normalized spacial score (nSPS) is 20.1. The van der Waals surface area contributed by atoms with Gasteiger partial charge in [-0.2, -0.15) is 0 Å². The number of carbonyl (C=O) groups is 1. The molecule has 0 radical (unpaired) electrons. The van der Waals surface area contributed by atoms with Gasteiger partial charge in [0.05, 0.1) is 11.9 Å². The van der Waals surface area contributed by atoms with E-state index >= 15 is 0 Å². The van der Waals surface area contributed by atoms with E-state index in [1.165, 1.54) is 0 Å². The average molecular weight is 304 g/mol. The molecule has 0 unspecified atom stereocenters. The van der Waals surface area contributed by atoms with Gasteiger partial charge < -0.3 is 20.3 Å². The van der Waals surface area contributed by atoms with Crippen LogP contribution in [0.2, 0.25) is 0 Å². The predicted molar refractivity (Wildman–Crippen MR) is 85.7 cm³/mol. The Bertz CT molecular complexity index is 559. The van der Waals surface area contributed by atoms with Crippen LogP contribution in [0, 0.1) is 5.41 Å². The molecular weight excluding hydrogens is 280 g/mol. The molecule has 1 aromatic heterocycles. The summed E-state index contributed by atoms with van der Waals surface area (Å²) in [6.07, 6.45) is 2.56. The van der Waals surface area contributed by atoms with Gasteiger partial charge >= 0.3 is 6.09 Å². The summed E-state index contributed by atoms with van der Waals surface area (Å²) >= 11 is 0. The molecule has 0 bridgehead atoms. The molecule has 0 aliphatic carbocycles. The Kier molecular flexibility index (Phi) is 3.42. The molecule has 6 nitrogen and oxygen atoms in total. The molecule has 0 aromatic carbocycles. The fraction of sp³-hybridized carbons (Fsp3) is 0.625. The Hall–Kier alpha value is -1.98. The number of amides is 1. The van der Waals surface area contributed by atoms with Crippen molar-refractivity contribution in [2.45, 2.75) is 32.8 Å². The zero-order valence-corrected chi connectivity index (χ0v) is 13.5. The first-order chi connectivity index (χ1) is 10.3. The van der Waals surface area contributed by atoms with Gasteiger partial charge in [-0.25, -0.2) is 9.78 Å². The SMILES string of the molecule is CC(C)(C)OC(=O)N1CC2(CCN(c3ccc(N)cn3)C2)C1. The second kappa shape index (κ2) is 5.04. The van der Waals surface area contributed by atoms with Crippen LogP contribution < -0.4 is 10.6 Å². The highest BCUT2D eigenvalue weighted by atomic mass is 16.6. The first-order valence-electron chi connectivity index (χ1n) is 7.71. The van der Waals surface area contributed by atoms with E-state index in [2.05, 4.69) is 9.88 Å². The number of nitrogens with zero attached hydrogens (tertiary/aromatic N) is 3. The summed E-state index contributed by atoms with van der Waals surface area (Å²) in [6.45, 7) is 9.13. The highest BCUT2D eigenvalue weighted by Crippen LogP contribution is 2.41. The summed E-state index contributed by atoms with van der Waals surface area (Å²) in [7, 11) is 0. The van der Waals surface area contributed by atoms with Crippen LogP contribution in [0.5, 0.6) is 0 Å². The molecule has 0 saturated carbocycles. The number of nitrogens with two attached hydrogens (primary N) is 1. The van der Waals surface area contributed by atoms with Crippen molar-refractivity contribution in [3.63, 3.8) is 0 Å². The van der Waals surface area contributed by atoms with Gasteiger partial charge in [-0.1, -0.05) is 0 Å². The molecule has 2 N–H and O–H groups in total. The summed E-state index contributed by atoms with van der Waals surface area (Å²) in [6, 6.07) is 3.83. The molecular formula is C16H24N4O2. The smallest absolute Gasteiger partial charge is 0.410 e. The third-order valence-corrected chi connectivity index (χ3v) is 4.24. The lowest BCUT2D eigenvalue weighted by molar-refractivity contribution is -0.0266. The first kappa shape index (κ1) is 14.9. The van der Waals surface area contributed by atoms with E-state index in [4.69, 9.17) is 10.5 Å². The van der Waals surface area contributed by atoms with Gasteiger partial charge in [-0.3, -0.25) is 0 Å². The number of aromatic nitrogens is 1. The molecule has 3 heterocycles. The molecule has 2 saturated heterocycles. The Morgan fingerprint density at radius 1 is 1.32 bits per heavy atom. The van der Waals surface area contributed by atoms with E-state index in [1.807, 2.05) is 32.9 Å². The van der Waals surface area contributed by atoms with Crippen molar-refractivity contribution in [2.75, 3.05) is 36.8 Å². The van der Waals surface area contributed by atoms with E-state index in [0.29, 0.717) is 5.69 Å². The highest BCUT2D eigenvalue weighted by Gasteiger charge is 2.50. The molecule has 2 aliphatic rings. The fourth-order valence-electron chi connectivity index (χ4n) is 3.19. The lowest BCUT2D eigenvalue weighted by Crippen LogP contribution is -2.60. The zero-order valence-electron chi connectivity index (χ0n) is 13.5. The van der Waals surface area contributed by atoms with E-state index in [1.54, 1.807) is 11.1 Å². The van der Waals surface area contributed by atoms with E-state index < -0.39 is 5.60 Å². The molecule has 1 aromatic rings. The minimum atomic E-state index is -0.435. The Morgan fingerprint density at radius 2 is 2.05 bits per heavy atom. The maximum Gasteiger partial charge on any atom is 0.410 e. The van der Waals surface area contributed by atoms with Crippen LogP contribution in [0.15, 0.2) is 18.3 Å². The van der Waals surface area contributed by atoms with E-state index in [0.717, 1.165) is 38.4 Å². The molecule has 6 heteroatoms. The van der Waals surface area contributed by atoms with Crippen molar-refractivity contribution in [1.82, 2.24) is 9.88 Å². The number of ether oxygens (including phenoxy) is 1. The molecule has 2 aliphatic heterocycles. The largest absolute Gasteiger partial charge is 0.444 e. The van der Waals surface area contributed by atoms with Gasteiger partial charge in [0.2, 0.25) is 0 Å². The van der Waals surface area contributed by atoms with E-state index in [-0.39, 0.29) is 11.5 Å². The maximum absolute atomic E-state index is 12.0. The number of carbonyl (C=O) groups excluding carboxylic acids is 1. The fourth-order valence-corrected chi connectivity index (χ4v) is 3.19. The summed E-state index contributed by atoms with van der Waals surface area (Å²) in [5, 5.41) is 0. The Balaban J connectivity index is 1.56. The van der Waals surface area contributed by atoms with Gasteiger partial charge in [0.25, 0.3) is 0 Å².